The van der Waals surface area contributed by atoms with Gasteiger partial charge in [-0.2, -0.15) is 5.10 Å². The summed E-state index contributed by atoms with van der Waals surface area (Å²) in [6, 6.07) is 3.87. The van der Waals surface area contributed by atoms with E-state index in [4.69, 9.17) is 0 Å². The molecule has 0 aliphatic rings. The third-order valence-corrected chi connectivity index (χ3v) is 1.66. The third kappa shape index (κ3) is 1.07. The second-order valence-corrected chi connectivity index (χ2v) is 2.42. The lowest BCUT2D eigenvalue weighted by Gasteiger charge is -1.99. The molecule has 0 atom stereocenters. The molecule has 0 saturated heterocycles. The number of fused-ring (bicyclic) bond motifs is 1. The van der Waals surface area contributed by atoms with Crippen molar-refractivity contribution in [3.05, 3.63) is 24.5 Å². The van der Waals surface area contributed by atoms with Crippen molar-refractivity contribution in [2.75, 3.05) is 12.4 Å². The van der Waals surface area contributed by atoms with Gasteiger partial charge in [0.05, 0.1) is 18.1 Å². The monoisotopic (exact) mass is 160 g/mol. The molecule has 2 aromatic heterocycles. The van der Waals surface area contributed by atoms with Gasteiger partial charge in [-0.15, -0.1) is 5.10 Å². The van der Waals surface area contributed by atoms with Crippen molar-refractivity contribution in [2.45, 2.75) is 0 Å². The van der Waals surface area contributed by atoms with Crippen molar-refractivity contribution in [2.24, 2.45) is 0 Å². The zero-order chi connectivity index (χ0) is 8.39. The summed E-state index contributed by atoms with van der Waals surface area (Å²) in [5.41, 5.74) is 1.66. The van der Waals surface area contributed by atoms with Crippen LogP contribution < -0.4 is 5.32 Å². The van der Waals surface area contributed by atoms with Crippen molar-refractivity contribution in [1.82, 2.24) is 15.2 Å². The Kier molecular flexibility index (Phi) is 1.59. The number of nitrogens with zero attached hydrogens (tertiary/aromatic N) is 3. The number of aromatic nitrogens is 3. The first kappa shape index (κ1) is 6.97. The van der Waals surface area contributed by atoms with Crippen molar-refractivity contribution < 1.29 is 0 Å². The molecule has 0 aliphatic carbocycles. The van der Waals surface area contributed by atoms with Crippen LogP contribution in [0.5, 0.6) is 0 Å². The number of hydrogen-bond donors (Lipinski definition) is 1. The molecular weight excluding hydrogens is 152 g/mol. The van der Waals surface area contributed by atoms with E-state index in [0.717, 1.165) is 11.1 Å². The van der Waals surface area contributed by atoms with E-state index in [9.17, 15) is 0 Å². The van der Waals surface area contributed by atoms with Crippen LogP contribution in [-0.4, -0.2) is 22.2 Å². The number of nitrogens with one attached hydrogen (secondary N) is 1. The van der Waals surface area contributed by atoms with Gasteiger partial charge >= 0.3 is 0 Å². The summed E-state index contributed by atoms with van der Waals surface area (Å²) in [4.78, 5) is 4.12. The second-order valence-electron chi connectivity index (χ2n) is 2.42. The SMILES string of the molecule is CNc1cnc2nnccc2c1. The Morgan fingerprint density at radius 1 is 1.42 bits per heavy atom. The van der Waals surface area contributed by atoms with E-state index in [-0.39, 0.29) is 0 Å². The van der Waals surface area contributed by atoms with Gasteiger partial charge < -0.3 is 5.32 Å². The van der Waals surface area contributed by atoms with Crippen molar-refractivity contribution in [3.8, 4) is 0 Å². The van der Waals surface area contributed by atoms with Gasteiger partial charge in [0.15, 0.2) is 5.65 Å². The average molecular weight is 160 g/mol. The molecule has 12 heavy (non-hydrogen) atoms. The molecule has 0 aliphatic heterocycles. The lowest BCUT2D eigenvalue weighted by Crippen LogP contribution is -1.91. The molecule has 0 saturated carbocycles. The largest absolute Gasteiger partial charge is 0.387 e. The molecule has 0 radical (unpaired) electrons. The van der Waals surface area contributed by atoms with Crippen molar-refractivity contribution in [1.29, 1.82) is 0 Å². The van der Waals surface area contributed by atoms with Gasteiger partial charge in [-0.1, -0.05) is 0 Å². The minimum Gasteiger partial charge on any atom is -0.387 e. The van der Waals surface area contributed by atoms with Crippen LogP contribution in [0.1, 0.15) is 0 Å². The standard InChI is InChI=1S/C8H8N4/c1-9-7-4-6-2-3-11-12-8(6)10-5-7/h2-5,9H,1H3. The van der Waals surface area contributed by atoms with Gasteiger partial charge in [-0.05, 0) is 12.1 Å². The molecule has 60 valence electrons. The van der Waals surface area contributed by atoms with E-state index < -0.39 is 0 Å². The molecule has 2 heterocycles. The molecule has 0 aromatic carbocycles. The molecule has 0 amide bonds. The van der Waals surface area contributed by atoms with E-state index in [1.54, 1.807) is 12.4 Å². The fourth-order valence-electron chi connectivity index (χ4n) is 1.02. The topological polar surface area (TPSA) is 50.7 Å². The highest BCUT2D eigenvalue weighted by Crippen LogP contribution is 2.12. The van der Waals surface area contributed by atoms with Crippen LogP contribution in [0.4, 0.5) is 5.69 Å². The average Bonchev–Trinajstić information content (AvgIpc) is 2.17. The molecule has 2 aromatic rings. The summed E-state index contributed by atoms with van der Waals surface area (Å²) in [7, 11) is 1.86. The van der Waals surface area contributed by atoms with E-state index in [0.29, 0.717) is 5.65 Å². The Balaban J connectivity index is 2.67. The Morgan fingerprint density at radius 2 is 2.33 bits per heavy atom. The second kappa shape index (κ2) is 2.73. The zero-order valence-corrected chi connectivity index (χ0v) is 6.65. The first-order valence-electron chi connectivity index (χ1n) is 3.65. The van der Waals surface area contributed by atoms with Gasteiger partial charge in [-0.3, -0.25) is 0 Å². The van der Waals surface area contributed by atoms with Crippen molar-refractivity contribution >= 4 is 16.7 Å². The van der Waals surface area contributed by atoms with Gasteiger partial charge in [0.1, 0.15) is 0 Å². The highest BCUT2D eigenvalue weighted by molar-refractivity contribution is 5.77. The molecule has 4 heteroatoms. The van der Waals surface area contributed by atoms with E-state index in [1.165, 1.54) is 0 Å². The highest BCUT2D eigenvalue weighted by Gasteiger charge is 1.95. The lowest BCUT2D eigenvalue weighted by molar-refractivity contribution is 1.05. The van der Waals surface area contributed by atoms with Crippen LogP contribution in [0.2, 0.25) is 0 Å². The van der Waals surface area contributed by atoms with Gasteiger partial charge in [0, 0.05) is 12.4 Å². The predicted molar refractivity (Wildman–Crippen MR) is 46.9 cm³/mol. The van der Waals surface area contributed by atoms with Crippen LogP contribution in [0, 0.1) is 0 Å². The molecule has 1 N–H and O–H groups in total. The third-order valence-electron chi connectivity index (χ3n) is 1.66. The zero-order valence-electron chi connectivity index (χ0n) is 6.65. The number of pyridine rings is 1. The molecule has 2 rings (SSSR count). The summed E-state index contributed by atoms with van der Waals surface area (Å²) in [6.07, 6.45) is 3.39. The molecule has 4 nitrogen and oxygen atoms in total. The van der Waals surface area contributed by atoms with Crippen LogP contribution in [0.15, 0.2) is 24.5 Å². The van der Waals surface area contributed by atoms with Gasteiger partial charge in [-0.25, -0.2) is 4.98 Å². The predicted octanol–water partition coefficient (Wildman–Crippen LogP) is 1.07. The first-order chi connectivity index (χ1) is 5.90. The Morgan fingerprint density at radius 3 is 3.17 bits per heavy atom. The summed E-state index contributed by atoms with van der Waals surface area (Å²) >= 11 is 0. The molecular formula is C8H8N4. The fraction of sp³-hybridized carbons (Fsp3) is 0.125. The lowest BCUT2D eigenvalue weighted by atomic mass is 10.3. The van der Waals surface area contributed by atoms with Crippen LogP contribution in [-0.2, 0) is 0 Å². The number of rotatable bonds is 1. The van der Waals surface area contributed by atoms with Gasteiger partial charge in [0.2, 0.25) is 0 Å². The first-order valence-corrected chi connectivity index (χ1v) is 3.65. The highest BCUT2D eigenvalue weighted by atomic mass is 15.1. The number of anilines is 1. The van der Waals surface area contributed by atoms with Crippen LogP contribution in [0.25, 0.3) is 11.0 Å². The Hall–Kier alpha value is -1.71. The minimum absolute atomic E-state index is 0.677. The quantitative estimate of drug-likeness (QED) is 0.677. The summed E-state index contributed by atoms with van der Waals surface area (Å²) in [5, 5.41) is 11.6. The fourth-order valence-corrected chi connectivity index (χ4v) is 1.02. The van der Waals surface area contributed by atoms with Crippen LogP contribution >= 0.6 is 0 Å². The smallest absolute Gasteiger partial charge is 0.181 e. The summed E-state index contributed by atoms with van der Waals surface area (Å²) in [5.74, 6) is 0. The van der Waals surface area contributed by atoms with E-state index in [1.807, 2.05) is 19.2 Å². The molecule has 0 unspecified atom stereocenters. The van der Waals surface area contributed by atoms with Crippen molar-refractivity contribution in [3.63, 3.8) is 0 Å². The minimum atomic E-state index is 0.677. The molecule has 0 bridgehead atoms. The Labute approximate surface area is 69.7 Å². The number of hydrogen-bond acceptors (Lipinski definition) is 4. The maximum absolute atomic E-state index is 4.12. The Bertz CT molecular complexity index is 399. The molecule has 0 spiro atoms. The maximum atomic E-state index is 4.12. The molecule has 0 fully saturated rings. The summed E-state index contributed by atoms with van der Waals surface area (Å²) < 4.78 is 0. The summed E-state index contributed by atoms with van der Waals surface area (Å²) in [6.45, 7) is 0. The van der Waals surface area contributed by atoms with Gasteiger partial charge in [0.25, 0.3) is 0 Å². The maximum Gasteiger partial charge on any atom is 0.181 e. The van der Waals surface area contributed by atoms with E-state index in [2.05, 4.69) is 20.5 Å². The van der Waals surface area contributed by atoms with E-state index >= 15 is 0 Å². The van der Waals surface area contributed by atoms with Crippen LogP contribution in [0.3, 0.4) is 0 Å². The normalized spacial score (nSPS) is 10.1.